The Kier molecular flexibility index (Phi) is 2.85. The van der Waals surface area contributed by atoms with Crippen LogP contribution in [0, 0.1) is 0 Å². The molecule has 0 saturated carbocycles. The van der Waals surface area contributed by atoms with E-state index in [1.54, 1.807) is 17.7 Å². The minimum absolute atomic E-state index is 0.898. The van der Waals surface area contributed by atoms with Gasteiger partial charge in [0.15, 0.2) is 0 Å². The molecule has 0 aliphatic rings. The van der Waals surface area contributed by atoms with Crippen molar-refractivity contribution in [3.63, 3.8) is 0 Å². The van der Waals surface area contributed by atoms with Gasteiger partial charge in [0.05, 0.1) is 11.7 Å². The van der Waals surface area contributed by atoms with Crippen LogP contribution in [0.25, 0.3) is 59.0 Å². The van der Waals surface area contributed by atoms with Crippen LogP contribution in [0.4, 0.5) is 0 Å². The monoisotopic (exact) mass is 391 g/mol. The third-order valence-electron chi connectivity index (χ3n) is 5.57. The first kappa shape index (κ1) is 15.2. The van der Waals surface area contributed by atoms with Gasteiger partial charge >= 0.3 is 0 Å². The SMILES string of the molecule is c1ccc2c(c1)oc1ccc(-n3c4cncnc4c4c5ccccc5sc43)cc12. The highest BCUT2D eigenvalue weighted by Gasteiger charge is 2.19. The second kappa shape index (κ2) is 5.43. The van der Waals surface area contributed by atoms with Crippen molar-refractivity contribution in [3.05, 3.63) is 79.3 Å². The molecule has 0 saturated heterocycles. The topological polar surface area (TPSA) is 43.9 Å². The molecule has 5 heteroatoms. The maximum absolute atomic E-state index is 6.02. The maximum Gasteiger partial charge on any atom is 0.135 e. The zero-order valence-corrected chi connectivity index (χ0v) is 16.0. The lowest BCUT2D eigenvalue weighted by molar-refractivity contribution is 0.669. The van der Waals surface area contributed by atoms with Gasteiger partial charge in [-0.25, -0.2) is 9.97 Å². The Labute approximate surface area is 168 Å². The van der Waals surface area contributed by atoms with Gasteiger partial charge in [-0.1, -0.05) is 36.4 Å². The number of para-hydroxylation sites is 1. The number of thiophene rings is 1. The average molecular weight is 391 g/mol. The number of fused-ring (bicyclic) bond motifs is 8. The van der Waals surface area contributed by atoms with Crippen LogP contribution in [0.3, 0.4) is 0 Å². The summed E-state index contributed by atoms with van der Waals surface area (Å²) in [6.07, 6.45) is 3.53. The molecule has 29 heavy (non-hydrogen) atoms. The van der Waals surface area contributed by atoms with Gasteiger partial charge in [-0.3, -0.25) is 4.57 Å². The van der Waals surface area contributed by atoms with Crippen LogP contribution in [-0.2, 0) is 0 Å². The first-order valence-electron chi connectivity index (χ1n) is 9.42. The zero-order valence-electron chi connectivity index (χ0n) is 15.2. The van der Waals surface area contributed by atoms with Crippen molar-refractivity contribution in [2.45, 2.75) is 0 Å². The lowest BCUT2D eigenvalue weighted by Crippen LogP contribution is -1.93. The fourth-order valence-corrected chi connectivity index (χ4v) is 5.55. The molecule has 4 nitrogen and oxygen atoms in total. The molecule has 0 fully saturated rings. The molecule has 0 spiro atoms. The van der Waals surface area contributed by atoms with Crippen molar-refractivity contribution >= 4 is 64.6 Å². The van der Waals surface area contributed by atoms with Crippen LogP contribution in [0.15, 0.2) is 83.7 Å². The summed E-state index contributed by atoms with van der Waals surface area (Å²) in [6, 6.07) is 23.1. The van der Waals surface area contributed by atoms with E-state index in [-0.39, 0.29) is 0 Å². The normalized spacial score (nSPS) is 12.1. The molecule has 7 aromatic rings. The standard InChI is InChI=1S/C24H13N3OS/c1-3-7-19-15(5-1)17-11-14(9-10-20(17)28-19)27-18-12-25-13-26-23(18)22-16-6-2-4-8-21(16)29-24(22)27/h1-13H. The zero-order chi connectivity index (χ0) is 18.9. The van der Waals surface area contributed by atoms with Gasteiger partial charge in [0.1, 0.15) is 27.8 Å². The fourth-order valence-electron chi connectivity index (χ4n) is 4.32. The van der Waals surface area contributed by atoms with Gasteiger partial charge in [-0.05, 0) is 30.3 Å². The summed E-state index contributed by atoms with van der Waals surface area (Å²) in [5.41, 5.74) is 4.91. The molecule has 0 aliphatic carbocycles. The summed E-state index contributed by atoms with van der Waals surface area (Å²) in [7, 11) is 0. The first-order chi connectivity index (χ1) is 14.4. The van der Waals surface area contributed by atoms with E-state index in [0.717, 1.165) is 38.7 Å². The number of aromatic nitrogens is 3. The van der Waals surface area contributed by atoms with E-state index < -0.39 is 0 Å². The van der Waals surface area contributed by atoms with Gasteiger partial charge in [0, 0.05) is 31.9 Å². The summed E-state index contributed by atoms with van der Waals surface area (Å²) >= 11 is 1.79. The van der Waals surface area contributed by atoms with E-state index in [4.69, 9.17) is 4.42 Å². The van der Waals surface area contributed by atoms with Gasteiger partial charge in [-0.15, -0.1) is 11.3 Å². The maximum atomic E-state index is 6.02. The molecular formula is C24H13N3OS. The number of nitrogens with zero attached hydrogens (tertiary/aromatic N) is 3. The van der Waals surface area contributed by atoms with Gasteiger partial charge in [0.25, 0.3) is 0 Å². The fraction of sp³-hybridized carbons (Fsp3) is 0. The van der Waals surface area contributed by atoms with Crippen LogP contribution in [-0.4, -0.2) is 14.5 Å². The molecule has 0 unspecified atom stereocenters. The van der Waals surface area contributed by atoms with Crippen molar-refractivity contribution < 1.29 is 4.42 Å². The molecule has 0 N–H and O–H groups in total. The largest absolute Gasteiger partial charge is 0.456 e. The summed E-state index contributed by atoms with van der Waals surface area (Å²) < 4.78 is 9.56. The number of furan rings is 1. The van der Waals surface area contributed by atoms with Gasteiger partial charge in [0.2, 0.25) is 0 Å². The number of hydrogen-bond acceptors (Lipinski definition) is 4. The van der Waals surface area contributed by atoms with Crippen LogP contribution < -0.4 is 0 Å². The Morgan fingerprint density at radius 1 is 0.828 bits per heavy atom. The molecule has 0 radical (unpaired) electrons. The Balaban J connectivity index is 1.65. The van der Waals surface area contributed by atoms with E-state index in [9.17, 15) is 0 Å². The van der Waals surface area contributed by atoms with Gasteiger partial charge < -0.3 is 4.42 Å². The van der Waals surface area contributed by atoms with Crippen LogP contribution >= 0.6 is 11.3 Å². The van der Waals surface area contributed by atoms with Crippen molar-refractivity contribution in [1.82, 2.24) is 14.5 Å². The lowest BCUT2D eigenvalue weighted by Gasteiger charge is -2.06. The number of hydrogen-bond donors (Lipinski definition) is 0. The van der Waals surface area contributed by atoms with Crippen molar-refractivity contribution in [1.29, 1.82) is 0 Å². The Hall–Kier alpha value is -3.70. The summed E-state index contributed by atoms with van der Waals surface area (Å²) in [5, 5.41) is 4.68. The minimum Gasteiger partial charge on any atom is -0.456 e. The Morgan fingerprint density at radius 2 is 1.66 bits per heavy atom. The molecule has 0 atom stereocenters. The highest BCUT2D eigenvalue weighted by molar-refractivity contribution is 7.25. The quantitative estimate of drug-likeness (QED) is 0.313. The van der Waals surface area contributed by atoms with Crippen molar-refractivity contribution in [2.75, 3.05) is 0 Å². The van der Waals surface area contributed by atoms with Crippen LogP contribution in [0.2, 0.25) is 0 Å². The van der Waals surface area contributed by atoms with Crippen LogP contribution in [0.1, 0.15) is 0 Å². The molecular weight excluding hydrogens is 378 g/mol. The van der Waals surface area contributed by atoms with E-state index in [1.807, 2.05) is 24.4 Å². The summed E-state index contributed by atoms with van der Waals surface area (Å²) in [5.74, 6) is 0. The molecule has 0 bridgehead atoms. The molecule has 0 aliphatic heterocycles. The molecule has 4 heterocycles. The van der Waals surface area contributed by atoms with E-state index in [0.29, 0.717) is 0 Å². The molecule has 136 valence electrons. The smallest absolute Gasteiger partial charge is 0.135 e. The van der Waals surface area contributed by atoms with Gasteiger partial charge in [-0.2, -0.15) is 0 Å². The first-order valence-corrected chi connectivity index (χ1v) is 10.2. The third kappa shape index (κ3) is 1.97. The number of rotatable bonds is 1. The predicted molar refractivity (Wildman–Crippen MR) is 119 cm³/mol. The highest BCUT2D eigenvalue weighted by Crippen LogP contribution is 2.41. The predicted octanol–water partition coefficient (Wildman–Crippen LogP) is 6.69. The van der Waals surface area contributed by atoms with Crippen molar-refractivity contribution in [2.24, 2.45) is 0 Å². The molecule has 3 aromatic carbocycles. The Bertz CT molecular complexity index is 1720. The van der Waals surface area contributed by atoms with Crippen LogP contribution in [0.5, 0.6) is 0 Å². The average Bonchev–Trinajstić information content (AvgIpc) is 3.41. The molecule has 7 rings (SSSR count). The van der Waals surface area contributed by atoms with E-state index in [1.165, 1.54) is 20.3 Å². The minimum atomic E-state index is 0.898. The summed E-state index contributed by atoms with van der Waals surface area (Å²) in [4.78, 5) is 10.1. The molecule has 0 amide bonds. The molecule has 4 aromatic heterocycles. The Morgan fingerprint density at radius 3 is 2.62 bits per heavy atom. The summed E-state index contributed by atoms with van der Waals surface area (Å²) in [6.45, 7) is 0. The van der Waals surface area contributed by atoms with E-state index >= 15 is 0 Å². The highest BCUT2D eigenvalue weighted by atomic mass is 32.1. The van der Waals surface area contributed by atoms with E-state index in [2.05, 4.69) is 63.1 Å². The lowest BCUT2D eigenvalue weighted by atomic mass is 10.1. The second-order valence-corrected chi connectivity index (χ2v) is 8.18. The van der Waals surface area contributed by atoms with Crippen molar-refractivity contribution in [3.8, 4) is 5.69 Å². The number of benzene rings is 3. The second-order valence-electron chi connectivity index (χ2n) is 7.15. The third-order valence-corrected chi connectivity index (χ3v) is 6.73.